The van der Waals surface area contributed by atoms with Gasteiger partial charge in [0, 0.05) is 12.6 Å². The molecular formula is C14H23NO2. The minimum atomic E-state index is 0.179. The highest BCUT2D eigenvalue weighted by molar-refractivity contribution is 5.32. The molecule has 0 heterocycles. The van der Waals surface area contributed by atoms with Gasteiger partial charge in [0.15, 0.2) is 0 Å². The first-order chi connectivity index (χ1) is 8.02. The number of rotatable bonds is 6. The predicted molar refractivity (Wildman–Crippen MR) is 70.6 cm³/mol. The summed E-state index contributed by atoms with van der Waals surface area (Å²) in [5.74, 6) is 0.924. The van der Waals surface area contributed by atoms with Gasteiger partial charge in [-0.05, 0) is 51.1 Å². The number of hydrogen-bond acceptors (Lipinski definition) is 3. The van der Waals surface area contributed by atoms with Crippen molar-refractivity contribution < 1.29 is 9.84 Å². The van der Waals surface area contributed by atoms with Crippen LogP contribution < -0.4 is 4.74 Å². The minimum absolute atomic E-state index is 0.179. The molecule has 0 aliphatic carbocycles. The number of nitrogens with zero attached hydrogens (tertiary/aromatic N) is 1. The van der Waals surface area contributed by atoms with Gasteiger partial charge in [0.2, 0.25) is 0 Å². The fourth-order valence-corrected chi connectivity index (χ4v) is 1.68. The summed E-state index contributed by atoms with van der Waals surface area (Å²) < 4.78 is 5.71. The maximum Gasteiger partial charge on any atom is 0.119 e. The van der Waals surface area contributed by atoms with E-state index in [2.05, 4.69) is 24.8 Å². The second-order valence-corrected chi connectivity index (χ2v) is 4.68. The van der Waals surface area contributed by atoms with E-state index in [4.69, 9.17) is 9.84 Å². The van der Waals surface area contributed by atoms with Crippen LogP contribution in [0, 0.1) is 13.8 Å². The molecule has 1 aromatic carbocycles. The first kappa shape index (κ1) is 14.0. The van der Waals surface area contributed by atoms with Crippen molar-refractivity contribution in [2.24, 2.45) is 0 Å². The lowest BCUT2D eigenvalue weighted by atomic mass is 10.1. The quantitative estimate of drug-likeness (QED) is 0.821. The van der Waals surface area contributed by atoms with Crippen molar-refractivity contribution in [2.75, 3.05) is 26.8 Å². The van der Waals surface area contributed by atoms with E-state index < -0.39 is 0 Å². The smallest absolute Gasteiger partial charge is 0.119 e. The predicted octanol–water partition coefficient (Wildman–Crippen LogP) is 1.99. The molecule has 0 saturated heterocycles. The molecule has 1 rings (SSSR count). The van der Waals surface area contributed by atoms with Gasteiger partial charge in [-0.3, -0.25) is 4.90 Å². The van der Waals surface area contributed by atoms with Crippen LogP contribution in [0.15, 0.2) is 18.2 Å². The highest BCUT2D eigenvalue weighted by atomic mass is 16.5. The van der Waals surface area contributed by atoms with Crippen molar-refractivity contribution >= 4 is 0 Å². The van der Waals surface area contributed by atoms with Crippen molar-refractivity contribution in [3.63, 3.8) is 0 Å². The van der Waals surface area contributed by atoms with E-state index in [0.717, 1.165) is 12.3 Å². The molecule has 1 aromatic rings. The van der Waals surface area contributed by atoms with Crippen molar-refractivity contribution in [3.05, 3.63) is 29.3 Å². The molecule has 1 unspecified atom stereocenters. The molecule has 0 radical (unpaired) electrons. The van der Waals surface area contributed by atoms with Crippen LogP contribution in [-0.2, 0) is 0 Å². The van der Waals surface area contributed by atoms with Crippen molar-refractivity contribution in [3.8, 4) is 5.75 Å². The number of likely N-dealkylation sites (N-methyl/N-ethyl adjacent to an activating group) is 1. The molecule has 0 spiro atoms. The molecule has 3 nitrogen and oxygen atoms in total. The highest BCUT2D eigenvalue weighted by Gasteiger charge is 2.07. The second kappa shape index (κ2) is 6.62. The zero-order chi connectivity index (χ0) is 12.8. The average Bonchev–Trinajstić information content (AvgIpc) is 2.26. The monoisotopic (exact) mass is 237 g/mol. The lowest BCUT2D eigenvalue weighted by molar-refractivity contribution is 0.140. The van der Waals surface area contributed by atoms with Crippen LogP contribution in [0.25, 0.3) is 0 Å². The number of aliphatic hydroxyl groups excluding tert-OH is 1. The Hall–Kier alpha value is -1.06. The van der Waals surface area contributed by atoms with E-state index in [9.17, 15) is 0 Å². The molecule has 17 heavy (non-hydrogen) atoms. The van der Waals surface area contributed by atoms with Crippen LogP contribution in [0.3, 0.4) is 0 Å². The summed E-state index contributed by atoms with van der Waals surface area (Å²) in [6.45, 7) is 7.77. The van der Waals surface area contributed by atoms with E-state index in [1.54, 1.807) is 0 Å². The summed E-state index contributed by atoms with van der Waals surface area (Å²) in [4.78, 5) is 2.09. The fraction of sp³-hybridized carbons (Fsp3) is 0.571. The second-order valence-electron chi connectivity index (χ2n) is 4.68. The molecule has 0 saturated carbocycles. The normalized spacial score (nSPS) is 12.8. The molecule has 1 N–H and O–H groups in total. The first-order valence-corrected chi connectivity index (χ1v) is 6.05. The first-order valence-electron chi connectivity index (χ1n) is 6.05. The summed E-state index contributed by atoms with van der Waals surface area (Å²) in [7, 11) is 1.99. The summed E-state index contributed by atoms with van der Waals surface area (Å²) >= 11 is 0. The van der Waals surface area contributed by atoms with Gasteiger partial charge >= 0.3 is 0 Å². The van der Waals surface area contributed by atoms with Gasteiger partial charge in [0.25, 0.3) is 0 Å². The van der Waals surface area contributed by atoms with E-state index in [-0.39, 0.29) is 12.6 Å². The SMILES string of the molecule is Cc1cc(C)cc(OCCN(C)C(C)CO)c1. The number of hydrogen-bond donors (Lipinski definition) is 1. The van der Waals surface area contributed by atoms with Gasteiger partial charge in [0.05, 0.1) is 6.61 Å². The molecule has 0 aromatic heterocycles. The van der Waals surface area contributed by atoms with Gasteiger partial charge in [-0.2, -0.15) is 0 Å². The third kappa shape index (κ3) is 4.75. The van der Waals surface area contributed by atoms with Gasteiger partial charge in [-0.1, -0.05) is 6.07 Å². The van der Waals surface area contributed by atoms with Crippen LogP contribution in [0.4, 0.5) is 0 Å². The Morgan fingerprint density at radius 1 is 1.24 bits per heavy atom. The third-order valence-electron chi connectivity index (χ3n) is 2.92. The van der Waals surface area contributed by atoms with Crippen molar-refractivity contribution in [2.45, 2.75) is 26.8 Å². The van der Waals surface area contributed by atoms with Crippen molar-refractivity contribution in [1.29, 1.82) is 0 Å². The molecule has 0 amide bonds. The van der Waals surface area contributed by atoms with E-state index in [1.807, 2.05) is 26.1 Å². The Labute approximate surface area is 104 Å². The minimum Gasteiger partial charge on any atom is -0.492 e. The number of benzene rings is 1. The van der Waals surface area contributed by atoms with Crippen LogP contribution in [-0.4, -0.2) is 42.9 Å². The highest BCUT2D eigenvalue weighted by Crippen LogP contribution is 2.16. The van der Waals surface area contributed by atoms with Gasteiger partial charge in [-0.25, -0.2) is 0 Å². The zero-order valence-electron chi connectivity index (χ0n) is 11.2. The maximum absolute atomic E-state index is 9.01. The van der Waals surface area contributed by atoms with E-state index in [1.165, 1.54) is 11.1 Å². The molecule has 0 bridgehead atoms. The van der Waals surface area contributed by atoms with E-state index >= 15 is 0 Å². The number of aliphatic hydroxyl groups is 1. The zero-order valence-corrected chi connectivity index (χ0v) is 11.2. The van der Waals surface area contributed by atoms with Gasteiger partial charge in [0.1, 0.15) is 12.4 Å². The van der Waals surface area contributed by atoms with Crippen LogP contribution >= 0.6 is 0 Å². The molecule has 96 valence electrons. The number of ether oxygens (including phenoxy) is 1. The average molecular weight is 237 g/mol. The van der Waals surface area contributed by atoms with Crippen LogP contribution in [0.2, 0.25) is 0 Å². The molecule has 0 aliphatic heterocycles. The summed E-state index contributed by atoms with van der Waals surface area (Å²) in [6.07, 6.45) is 0. The Bertz CT molecular complexity index is 332. The number of aryl methyl sites for hydroxylation is 2. The fourth-order valence-electron chi connectivity index (χ4n) is 1.68. The molecule has 0 fully saturated rings. The van der Waals surface area contributed by atoms with Gasteiger partial charge < -0.3 is 9.84 Å². The molecule has 3 heteroatoms. The largest absolute Gasteiger partial charge is 0.492 e. The Kier molecular flexibility index (Phi) is 5.45. The topological polar surface area (TPSA) is 32.7 Å². The third-order valence-corrected chi connectivity index (χ3v) is 2.92. The summed E-state index contributed by atoms with van der Waals surface area (Å²) in [6, 6.07) is 6.40. The van der Waals surface area contributed by atoms with E-state index in [0.29, 0.717) is 6.61 Å². The Morgan fingerprint density at radius 2 is 1.82 bits per heavy atom. The standard InChI is InChI=1S/C14H23NO2/c1-11-7-12(2)9-14(8-11)17-6-5-15(4)13(3)10-16/h7-9,13,16H,5-6,10H2,1-4H3. The lowest BCUT2D eigenvalue weighted by Gasteiger charge is -2.22. The summed E-state index contributed by atoms with van der Waals surface area (Å²) in [5, 5.41) is 9.01. The van der Waals surface area contributed by atoms with Crippen LogP contribution in [0.5, 0.6) is 5.75 Å². The van der Waals surface area contributed by atoms with Crippen LogP contribution in [0.1, 0.15) is 18.1 Å². The summed E-state index contributed by atoms with van der Waals surface area (Å²) in [5.41, 5.74) is 2.44. The van der Waals surface area contributed by atoms with Crippen molar-refractivity contribution in [1.82, 2.24) is 4.90 Å². The lowest BCUT2D eigenvalue weighted by Crippen LogP contribution is -2.35. The molecule has 1 atom stereocenters. The molecule has 0 aliphatic rings. The van der Waals surface area contributed by atoms with Gasteiger partial charge in [-0.15, -0.1) is 0 Å². The Morgan fingerprint density at radius 3 is 2.35 bits per heavy atom. The maximum atomic E-state index is 9.01. The molecular weight excluding hydrogens is 214 g/mol. The Balaban J connectivity index is 2.40.